The second kappa shape index (κ2) is 14.8. The van der Waals surface area contributed by atoms with Gasteiger partial charge in [0.2, 0.25) is 0 Å². The summed E-state index contributed by atoms with van der Waals surface area (Å²) in [7, 11) is -2.28. The fraction of sp³-hybridized carbons (Fsp3) is 0.882. The third-order valence-electron chi connectivity index (χ3n) is 3.83. The predicted molar refractivity (Wildman–Crippen MR) is 91.9 cm³/mol. The Bertz CT molecular complexity index is 265. The van der Waals surface area contributed by atoms with E-state index in [1.54, 1.807) is 0 Å². The Labute approximate surface area is 132 Å². The van der Waals surface area contributed by atoms with E-state index in [0.29, 0.717) is 0 Å². The molecule has 0 aromatic carbocycles. The van der Waals surface area contributed by atoms with Crippen molar-refractivity contribution in [2.75, 3.05) is 0 Å². The molecule has 0 spiro atoms. The molecule has 2 N–H and O–H groups in total. The SMILES string of the molecule is CCCCCCCC(C)=C(CCCCCCC)OP(O)O. The minimum Gasteiger partial charge on any atom is -0.432 e. The van der Waals surface area contributed by atoms with E-state index in [1.807, 2.05) is 0 Å². The van der Waals surface area contributed by atoms with E-state index in [1.165, 1.54) is 63.4 Å². The first-order valence-corrected chi connectivity index (χ1v) is 9.82. The average molecular weight is 318 g/mol. The van der Waals surface area contributed by atoms with Crippen LogP contribution in [0.25, 0.3) is 0 Å². The van der Waals surface area contributed by atoms with Gasteiger partial charge in [0.1, 0.15) is 5.76 Å². The van der Waals surface area contributed by atoms with Gasteiger partial charge >= 0.3 is 8.60 Å². The summed E-state index contributed by atoms with van der Waals surface area (Å²) in [6, 6.07) is 0. The van der Waals surface area contributed by atoms with Gasteiger partial charge in [-0.2, -0.15) is 0 Å². The van der Waals surface area contributed by atoms with Crippen molar-refractivity contribution in [1.29, 1.82) is 0 Å². The fourth-order valence-corrected chi connectivity index (χ4v) is 2.90. The van der Waals surface area contributed by atoms with Crippen molar-refractivity contribution in [3.63, 3.8) is 0 Å². The van der Waals surface area contributed by atoms with Crippen LogP contribution in [0.2, 0.25) is 0 Å². The van der Waals surface area contributed by atoms with E-state index in [0.717, 1.165) is 25.0 Å². The molecule has 0 bridgehead atoms. The van der Waals surface area contributed by atoms with Crippen LogP contribution < -0.4 is 0 Å². The molecule has 21 heavy (non-hydrogen) atoms. The van der Waals surface area contributed by atoms with Crippen LogP contribution in [0.1, 0.15) is 97.8 Å². The first kappa shape index (κ1) is 20.9. The minimum absolute atomic E-state index is 0.818. The molecule has 0 unspecified atom stereocenters. The van der Waals surface area contributed by atoms with Gasteiger partial charge in [-0.1, -0.05) is 65.2 Å². The number of unbranched alkanes of at least 4 members (excludes halogenated alkanes) is 8. The van der Waals surface area contributed by atoms with Crippen molar-refractivity contribution in [3.8, 4) is 0 Å². The number of hydrogen-bond donors (Lipinski definition) is 2. The Morgan fingerprint density at radius 2 is 1.24 bits per heavy atom. The van der Waals surface area contributed by atoms with Crippen molar-refractivity contribution in [2.45, 2.75) is 97.8 Å². The van der Waals surface area contributed by atoms with Crippen LogP contribution in [0.15, 0.2) is 11.3 Å². The van der Waals surface area contributed by atoms with E-state index in [9.17, 15) is 0 Å². The van der Waals surface area contributed by atoms with Crippen LogP contribution in [0.3, 0.4) is 0 Å². The van der Waals surface area contributed by atoms with Crippen LogP contribution in [-0.4, -0.2) is 9.79 Å². The Morgan fingerprint density at radius 1 is 0.762 bits per heavy atom. The molecule has 0 aromatic heterocycles. The second-order valence-electron chi connectivity index (χ2n) is 5.88. The molecule has 4 heteroatoms. The van der Waals surface area contributed by atoms with Gasteiger partial charge in [-0.3, -0.25) is 0 Å². The van der Waals surface area contributed by atoms with Gasteiger partial charge in [-0.25, -0.2) is 0 Å². The maximum Gasteiger partial charge on any atom is 0.391 e. The lowest BCUT2D eigenvalue weighted by Gasteiger charge is -2.14. The van der Waals surface area contributed by atoms with Gasteiger partial charge in [-0.15, -0.1) is 0 Å². The Morgan fingerprint density at radius 3 is 1.71 bits per heavy atom. The average Bonchev–Trinajstić information content (AvgIpc) is 2.45. The molecule has 0 saturated carbocycles. The van der Waals surface area contributed by atoms with E-state index in [2.05, 4.69) is 20.8 Å². The Balaban J connectivity index is 4.11. The zero-order chi connectivity index (χ0) is 15.9. The molecule has 0 aliphatic carbocycles. The highest BCUT2D eigenvalue weighted by molar-refractivity contribution is 7.39. The van der Waals surface area contributed by atoms with Crippen molar-refractivity contribution < 1.29 is 14.3 Å². The molecule has 0 aliphatic rings. The first-order valence-electron chi connectivity index (χ1n) is 8.66. The molecule has 126 valence electrons. The third kappa shape index (κ3) is 13.3. The Kier molecular flexibility index (Phi) is 14.7. The molecule has 0 radical (unpaired) electrons. The monoisotopic (exact) mass is 318 g/mol. The summed E-state index contributed by atoms with van der Waals surface area (Å²) in [5.74, 6) is 0.818. The first-order chi connectivity index (χ1) is 10.1. The smallest absolute Gasteiger partial charge is 0.391 e. The molecule has 0 saturated heterocycles. The molecular formula is C17H35O3P. The topological polar surface area (TPSA) is 49.7 Å². The summed E-state index contributed by atoms with van der Waals surface area (Å²) in [4.78, 5) is 18.2. The highest BCUT2D eigenvalue weighted by Crippen LogP contribution is 2.33. The molecule has 0 rings (SSSR count). The molecular weight excluding hydrogens is 283 g/mol. The molecule has 0 fully saturated rings. The summed E-state index contributed by atoms with van der Waals surface area (Å²) < 4.78 is 5.25. The highest BCUT2D eigenvalue weighted by Gasteiger charge is 2.10. The summed E-state index contributed by atoms with van der Waals surface area (Å²) in [6.07, 6.45) is 14.2. The molecule has 0 atom stereocenters. The van der Waals surface area contributed by atoms with Crippen LogP contribution in [0.5, 0.6) is 0 Å². The van der Waals surface area contributed by atoms with Gasteiger partial charge in [0.25, 0.3) is 0 Å². The number of hydrogen-bond acceptors (Lipinski definition) is 3. The van der Waals surface area contributed by atoms with Crippen LogP contribution >= 0.6 is 8.60 Å². The fourth-order valence-electron chi connectivity index (χ4n) is 2.46. The van der Waals surface area contributed by atoms with Gasteiger partial charge < -0.3 is 14.3 Å². The summed E-state index contributed by atoms with van der Waals surface area (Å²) in [5.41, 5.74) is 1.19. The molecule has 0 aromatic rings. The van der Waals surface area contributed by atoms with Crippen molar-refractivity contribution >= 4 is 8.60 Å². The summed E-state index contributed by atoms with van der Waals surface area (Å²) in [5, 5.41) is 0. The number of rotatable bonds is 14. The van der Waals surface area contributed by atoms with Crippen molar-refractivity contribution in [3.05, 3.63) is 11.3 Å². The standard InChI is InChI=1S/C17H35O3P/c1-4-6-8-10-12-14-16(3)17(20-21(18)19)15-13-11-9-7-5-2/h18-19H,4-15H2,1-3H3. The second-order valence-corrected chi connectivity index (χ2v) is 6.56. The minimum atomic E-state index is -2.28. The maximum atomic E-state index is 9.12. The van der Waals surface area contributed by atoms with Gasteiger partial charge in [0, 0.05) is 6.42 Å². The van der Waals surface area contributed by atoms with Gasteiger partial charge in [0.05, 0.1) is 0 Å². The summed E-state index contributed by atoms with van der Waals surface area (Å²) in [6.45, 7) is 6.50. The normalized spacial score (nSPS) is 12.7. The summed E-state index contributed by atoms with van der Waals surface area (Å²) >= 11 is 0. The molecule has 0 amide bonds. The lowest BCUT2D eigenvalue weighted by molar-refractivity contribution is 0.302. The molecule has 3 nitrogen and oxygen atoms in total. The lowest BCUT2D eigenvalue weighted by Crippen LogP contribution is -1.94. The maximum absolute atomic E-state index is 9.12. The van der Waals surface area contributed by atoms with Crippen LogP contribution in [0.4, 0.5) is 0 Å². The van der Waals surface area contributed by atoms with E-state index < -0.39 is 8.60 Å². The highest BCUT2D eigenvalue weighted by atomic mass is 31.2. The molecule has 0 heterocycles. The van der Waals surface area contributed by atoms with Gasteiger partial charge in [-0.05, 0) is 31.8 Å². The molecule has 0 aliphatic heterocycles. The lowest BCUT2D eigenvalue weighted by atomic mass is 10.0. The third-order valence-corrected chi connectivity index (χ3v) is 4.21. The van der Waals surface area contributed by atoms with E-state index >= 15 is 0 Å². The van der Waals surface area contributed by atoms with Gasteiger partial charge in [0.15, 0.2) is 0 Å². The van der Waals surface area contributed by atoms with Crippen molar-refractivity contribution in [1.82, 2.24) is 0 Å². The predicted octanol–water partition coefficient (Wildman–Crippen LogP) is 6.21. The zero-order valence-electron chi connectivity index (χ0n) is 14.2. The van der Waals surface area contributed by atoms with E-state index in [4.69, 9.17) is 14.3 Å². The largest absolute Gasteiger partial charge is 0.432 e. The van der Waals surface area contributed by atoms with Crippen LogP contribution in [-0.2, 0) is 4.52 Å². The number of allylic oxidation sites excluding steroid dienone is 2. The van der Waals surface area contributed by atoms with E-state index in [-0.39, 0.29) is 0 Å². The Hall–Kier alpha value is -0.110. The van der Waals surface area contributed by atoms with Crippen LogP contribution in [0, 0.1) is 0 Å². The van der Waals surface area contributed by atoms with Crippen molar-refractivity contribution in [2.24, 2.45) is 0 Å². The quantitative estimate of drug-likeness (QED) is 0.227. The zero-order valence-corrected chi connectivity index (χ0v) is 15.1.